The molecule has 2 aromatic rings. The highest BCUT2D eigenvalue weighted by Gasteiger charge is 2.39. The van der Waals surface area contributed by atoms with Gasteiger partial charge in [-0.1, -0.05) is 30.3 Å². The first-order chi connectivity index (χ1) is 18.9. The third-order valence-corrected chi connectivity index (χ3v) is 7.96. The highest BCUT2D eigenvalue weighted by Crippen LogP contribution is 2.33. The van der Waals surface area contributed by atoms with Crippen molar-refractivity contribution in [1.82, 2.24) is 10.2 Å². The number of hydrogen-bond acceptors (Lipinski definition) is 6. The molecule has 3 aliphatic rings. The number of carbonyl (C=O) groups is 3. The summed E-state index contributed by atoms with van der Waals surface area (Å²) < 4.78 is 17.7. The van der Waals surface area contributed by atoms with Gasteiger partial charge in [-0.2, -0.15) is 0 Å². The average Bonchev–Trinajstić information content (AvgIpc) is 2.96. The first-order valence-electron chi connectivity index (χ1n) is 13.8. The Labute approximate surface area is 229 Å². The lowest BCUT2D eigenvalue weighted by atomic mass is 9.94. The van der Waals surface area contributed by atoms with Gasteiger partial charge in [0.25, 0.3) is 5.91 Å². The monoisotopic (exact) mass is 535 g/mol. The van der Waals surface area contributed by atoms with E-state index in [0.717, 1.165) is 5.56 Å². The summed E-state index contributed by atoms with van der Waals surface area (Å²) in [5.41, 5.74) is 2.04. The second-order valence-corrected chi connectivity index (χ2v) is 10.7. The zero-order chi connectivity index (χ0) is 27.4. The largest absolute Gasteiger partial charge is 0.490 e. The molecule has 9 heteroatoms. The lowest BCUT2D eigenvalue weighted by molar-refractivity contribution is -0.134. The van der Waals surface area contributed by atoms with E-state index in [2.05, 4.69) is 10.6 Å². The van der Waals surface area contributed by atoms with Crippen LogP contribution in [0.3, 0.4) is 0 Å². The second-order valence-electron chi connectivity index (χ2n) is 10.7. The van der Waals surface area contributed by atoms with Crippen molar-refractivity contribution in [2.24, 2.45) is 5.92 Å². The molecule has 2 fully saturated rings. The van der Waals surface area contributed by atoms with Crippen LogP contribution in [0.1, 0.15) is 61.0 Å². The SMILES string of the molecule is C[C@H](NC(=O)C[C@H]1CC[C@@H]2[C@H](COc3ccc(NC(=O)C4CCOCC4)cc3C(=O)N2C)O1)c1ccccc1. The Bertz CT molecular complexity index is 1180. The predicted octanol–water partition coefficient (Wildman–Crippen LogP) is 3.70. The van der Waals surface area contributed by atoms with Gasteiger partial charge in [0.05, 0.1) is 30.2 Å². The van der Waals surface area contributed by atoms with Crippen molar-refractivity contribution in [2.75, 3.05) is 32.2 Å². The quantitative estimate of drug-likeness (QED) is 0.584. The molecule has 3 heterocycles. The van der Waals surface area contributed by atoms with Crippen LogP contribution >= 0.6 is 0 Å². The number of rotatable bonds is 6. The Morgan fingerprint density at radius 2 is 1.82 bits per heavy atom. The summed E-state index contributed by atoms with van der Waals surface area (Å²) in [5.74, 6) is 0.0615. The summed E-state index contributed by atoms with van der Waals surface area (Å²) in [4.78, 5) is 40.6. The maximum absolute atomic E-state index is 13.5. The van der Waals surface area contributed by atoms with Gasteiger partial charge in [-0.25, -0.2) is 0 Å². The van der Waals surface area contributed by atoms with Gasteiger partial charge >= 0.3 is 0 Å². The van der Waals surface area contributed by atoms with Crippen molar-refractivity contribution in [1.29, 1.82) is 0 Å². The molecular weight excluding hydrogens is 498 g/mol. The number of ether oxygens (including phenoxy) is 3. The Hall–Kier alpha value is -3.43. The molecular formula is C30H37N3O6. The molecule has 0 saturated carbocycles. The number of benzene rings is 2. The van der Waals surface area contributed by atoms with Crippen molar-refractivity contribution >= 4 is 23.4 Å². The van der Waals surface area contributed by atoms with Gasteiger partial charge in [0.15, 0.2) is 0 Å². The minimum Gasteiger partial charge on any atom is -0.490 e. The van der Waals surface area contributed by atoms with Gasteiger partial charge < -0.3 is 29.7 Å². The van der Waals surface area contributed by atoms with Crippen molar-refractivity contribution in [2.45, 2.75) is 63.3 Å². The summed E-state index contributed by atoms with van der Waals surface area (Å²) in [6, 6.07) is 14.8. The molecule has 0 unspecified atom stereocenters. The van der Waals surface area contributed by atoms with E-state index < -0.39 is 0 Å². The molecule has 0 radical (unpaired) electrons. The van der Waals surface area contributed by atoms with Crippen LogP contribution in [0, 0.1) is 5.92 Å². The normalized spacial score (nSPS) is 24.3. The lowest BCUT2D eigenvalue weighted by Crippen LogP contribution is -2.54. The summed E-state index contributed by atoms with van der Waals surface area (Å²) in [6.45, 7) is 3.40. The molecule has 3 aliphatic heterocycles. The summed E-state index contributed by atoms with van der Waals surface area (Å²) in [6.07, 6.45) is 2.42. The summed E-state index contributed by atoms with van der Waals surface area (Å²) in [5, 5.41) is 6.01. The predicted molar refractivity (Wildman–Crippen MR) is 146 cm³/mol. The van der Waals surface area contributed by atoms with Crippen molar-refractivity contribution < 1.29 is 28.6 Å². The van der Waals surface area contributed by atoms with Crippen molar-refractivity contribution in [3.8, 4) is 5.75 Å². The van der Waals surface area contributed by atoms with Gasteiger partial charge in [0.2, 0.25) is 11.8 Å². The number of carbonyl (C=O) groups excluding carboxylic acids is 3. The molecule has 2 N–H and O–H groups in total. The van der Waals surface area contributed by atoms with E-state index in [1.165, 1.54) is 0 Å². The van der Waals surface area contributed by atoms with E-state index in [9.17, 15) is 14.4 Å². The molecule has 0 spiro atoms. The Balaban J connectivity index is 1.21. The number of nitrogens with one attached hydrogen (secondary N) is 2. The Kier molecular flexibility index (Phi) is 8.47. The van der Waals surface area contributed by atoms with Crippen LogP contribution in [0.25, 0.3) is 0 Å². The maximum Gasteiger partial charge on any atom is 0.257 e. The molecule has 2 aromatic carbocycles. The highest BCUT2D eigenvalue weighted by atomic mass is 16.5. The van der Waals surface area contributed by atoms with Gasteiger partial charge in [-0.3, -0.25) is 14.4 Å². The van der Waals surface area contributed by atoms with Crippen LogP contribution in [-0.2, 0) is 19.1 Å². The van der Waals surface area contributed by atoms with Crippen LogP contribution in [0.5, 0.6) is 5.75 Å². The van der Waals surface area contributed by atoms with Crippen LogP contribution in [0.15, 0.2) is 48.5 Å². The molecule has 0 aliphatic carbocycles. The molecule has 4 atom stereocenters. The molecule has 0 aromatic heterocycles. The van der Waals surface area contributed by atoms with Crippen LogP contribution in [0.2, 0.25) is 0 Å². The van der Waals surface area contributed by atoms with Gasteiger partial charge in [-0.05, 0) is 56.4 Å². The van der Waals surface area contributed by atoms with Crippen molar-refractivity contribution in [3.63, 3.8) is 0 Å². The minimum absolute atomic E-state index is 0.0557. The second kappa shape index (κ2) is 12.2. The number of amides is 3. The van der Waals surface area contributed by atoms with Gasteiger partial charge in [-0.15, -0.1) is 0 Å². The molecule has 208 valence electrons. The number of hydrogen-bond donors (Lipinski definition) is 2. The molecule has 39 heavy (non-hydrogen) atoms. The Morgan fingerprint density at radius 1 is 1.05 bits per heavy atom. The maximum atomic E-state index is 13.5. The Morgan fingerprint density at radius 3 is 2.59 bits per heavy atom. The standard InChI is InChI=1S/C30H37N3O6/c1-19(20-6-4-3-5-7-20)31-28(34)17-23-9-10-25-27(39-23)18-38-26-11-8-22(16-24(26)30(36)33(25)2)32-29(35)21-12-14-37-15-13-21/h3-8,11,16,19,21,23,25,27H,9-10,12-15,17-18H2,1-2H3,(H,31,34)(H,32,35)/t19-,23+,25+,27-/m0/s1. The fourth-order valence-corrected chi connectivity index (χ4v) is 5.64. The molecule has 9 nitrogen and oxygen atoms in total. The summed E-state index contributed by atoms with van der Waals surface area (Å²) in [7, 11) is 1.78. The van der Waals surface area contributed by atoms with Crippen LogP contribution in [0.4, 0.5) is 5.69 Å². The zero-order valence-corrected chi connectivity index (χ0v) is 22.6. The highest BCUT2D eigenvalue weighted by molar-refractivity contribution is 6.00. The van der Waals surface area contributed by atoms with Crippen LogP contribution in [-0.4, -0.2) is 67.7 Å². The van der Waals surface area contributed by atoms with Crippen molar-refractivity contribution in [3.05, 3.63) is 59.7 Å². The molecule has 3 amide bonds. The molecule has 0 bridgehead atoms. The first kappa shape index (κ1) is 27.1. The zero-order valence-electron chi connectivity index (χ0n) is 22.6. The fraction of sp³-hybridized carbons (Fsp3) is 0.500. The van der Waals surface area contributed by atoms with E-state index in [4.69, 9.17) is 14.2 Å². The topological polar surface area (TPSA) is 106 Å². The number of anilines is 1. The fourth-order valence-electron chi connectivity index (χ4n) is 5.64. The summed E-state index contributed by atoms with van der Waals surface area (Å²) >= 11 is 0. The third kappa shape index (κ3) is 6.42. The average molecular weight is 536 g/mol. The number of likely N-dealkylation sites (N-methyl/N-ethyl adjacent to an activating group) is 1. The number of nitrogens with zero attached hydrogens (tertiary/aromatic N) is 1. The molecule has 5 rings (SSSR count). The minimum atomic E-state index is -0.349. The van der Waals surface area contributed by atoms with Crippen LogP contribution < -0.4 is 15.4 Å². The first-order valence-corrected chi connectivity index (χ1v) is 13.8. The lowest BCUT2D eigenvalue weighted by Gasteiger charge is -2.42. The van der Waals surface area contributed by atoms with E-state index in [-0.39, 0.29) is 61.0 Å². The molecule has 2 saturated heterocycles. The van der Waals surface area contributed by atoms with E-state index in [0.29, 0.717) is 55.9 Å². The van der Waals surface area contributed by atoms with E-state index in [1.807, 2.05) is 37.3 Å². The third-order valence-electron chi connectivity index (χ3n) is 7.96. The smallest absolute Gasteiger partial charge is 0.257 e. The van der Waals surface area contributed by atoms with Gasteiger partial charge in [0, 0.05) is 31.9 Å². The number of fused-ring (bicyclic) bond motifs is 2. The van der Waals surface area contributed by atoms with E-state index >= 15 is 0 Å². The van der Waals surface area contributed by atoms with Gasteiger partial charge in [0.1, 0.15) is 18.5 Å². The van der Waals surface area contributed by atoms with E-state index in [1.54, 1.807) is 30.1 Å².